The number of ether oxygens (including phenoxy) is 3. The topological polar surface area (TPSA) is 84.1 Å². The second-order valence-electron chi connectivity index (χ2n) is 9.73. The second-order valence-corrected chi connectivity index (χ2v) is 10.2. The van der Waals surface area contributed by atoms with Crippen molar-refractivity contribution < 1.29 is 28.2 Å². The Kier molecular flexibility index (Phi) is 7.32. The van der Waals surface area contributed by atoms with Crippen molar-refractivity contribution in [3.05, 3.63) is 94.4 Å². The van der Waals surface area contributed by atoms with Crippen molar-refractivity contribution in [2.24, 2.45) is 0 Å². The van der Waals surface area contributed by atoms with Crippen LogP contribution < -0.4 is 9.47 Å². The Morgan fingerprint density at radius 3 is 2.45 bits per heavy atom. The van der Waals surface area contributed by atoms with E-state index in [1.54, 1.807) is 21.9 Å². The number of hydrogen-bond donors (Lipinski definition) is 1. The highest BCUT2D eigenvalue weighted by atomic mass is 35.5. The summed E-state index contributed by atoms with van der Waals surface area (Å²) in [7, 11) is 0. The molecule has 2 aliphatic heterocycles. The van der Waals surface area contributed by atoms with Gasteiger partial charge in [0.05, 0.1) is 13.2 Å². The summed E-state index contributed by atoms with van der Waals surface area (Å²) < 4.78 is 30.1. The molecule has 1 saturated heterocycles. The van der Waals surface area contributed by atoms with Crippen molar-refractivity contribution in [3.8, 4) is 11.5 Å². The summed E-state index contributed by atoms with van der Waals surface area (Å²) in [5, 5.41) is 1.65. The minimum atomic E-state index is -0.546. The van der Waals surface area contributed by atoms with E-state index in [0.717, 1.165) is 27.7 Å². The van der Waals surface area contributed by atoms with Crippen LogP contribution in [0.15, 0.2) is 66.7 Å². The van der Waals surface area contributed by atoms with Crippen molar-refractivity contribution >= 4 is 34.5 Å². The normalized spacial score (nSPS) is 17.0. The summed E-state index contributed by atoms with van der Waals surface area (Å²) in [6, 6.07) is 17.9. The molecule has 3 heterocycles. The number of aromatic nitrogens is 1. The highest BCUT2D eigenvalue weighted by Gasteiger charge is 2.36. The lowest BCUT2D eigenvalue weighted by atomic mass is 9.92. The van der Waals surface area contributed by atoms with Gasteiger partial charge < -0.3 is 24.1 Å². The highest BCUT2D eigenvalue weighted by Crippen LogP contribution is 2.40. The quantitative estimate of drug-likeness (QED) is 0.354. The molecule has 0 saturated carbocycles. The zero-order valence-corrected chi connectivity index (χ0v) is 22.3. The number of hydrogen-bond acceptors (Lipinski definition) is 5. The Hall–Kier alpha value is -4.08. The molecule has 0 aliphatic carbocycles. The van der Waals surface area contributed by atoms with Crippen LogP contribution in [0.25, 0.3) is 10.9 Å². The molecule has 2 aliphatic rings. The van der Waals surface area contributed by atoms with Gasteiger partial charge in [0.15, 0.2) is 6.61 Å². The fourth-order valence-corrected chi connectivity index (χ4v) is 5.43. The first-order chi connectivity index (χ1) is 19.5. The number of halogens is 2. The number of rotatable bonds is 5. The molecule has 3 aromatic carbocycles. The van der Waals surface area contributed by atoms with E-state index in [0.29, 0.717) is 50.0 Å². The number of morpholine rings is 1. The van der Waals surface area contributed by atoms with Crippen molar-refractivity contribution in [2.75, 3.05) is 39.5 Å². The summed E-state index contributed by atoms with van der Waals surface area (Å²) in [6.45, 7) is 2.53. The summed E-state index contributed by atoms with van der Waals surface area (Å²) in [4.78, 5) is 32.8. The predicted molar refractivity (Wildman–Crippen MR) is 147 cm³/mol. The average molecular weight is 564 g/mol. The lowest BCUT2D eigenvalue weighted by Gasteiger charge is -2.35. The SMILES string of the molecule is O=C(COc1ccc(C2c3[nH]c4ccc(Cl)cc4c3CCN2C(=O)Oc2ccc(F)cc2)cc1)N1CCOCC1. The first kappa shape index (κ1) is 26.2. The second kappa shape index (κ2) is 11.2. The van der Waals surface area contributed by atoms with Crippen molar-refractivity contribution in [3.63, 3.8) is 0 Å². The van der Waals surface area contributed by atoms with Gasteiger partial charge in [-0.05, 0) is 72.1 Å². The summed E-state index contributed by atoms with van der Waals surface area (Å²) in [5.41, 5.74) is 3.72. The highest BCUT2D eigenvalue weighted by molar-refractivity contribution is 6.31. The monoisotopic (exact) mass is 563 g/mol. The van der Waals surface area contributed by atoms with Crippen molar-refractivity contribution in [1.82, 2.24) is 14.8 Å². The smallest absolute Gasteiger partial charge is 0.416 e. The Bertz CT molecular complexity index is 1530. The summed E-state index contributed by atoms with van der Waals surface area (Å²) >= 11 is 6.30. The van der Waals surface area contributed by atoms with Gasteiger partial charge in [0.2, 0.25) is 0 Å². The van der Waals surface area contributed by atoms with Crippen LogP contribution in [-0.2, 0) is 16.0 Å². The average Bonchev–Trinajstić information content (AvgIpc) is 3.35. The third kappa shape index (κ3) is 5.35. The molecule has 206 valence electrons. The molecular formula is C30H27ClFN3O5. The zero-order valence-electron chi connectivity index (χ0n) is 21.6. The molecule has 0 bridgehead atoms. The van der Waals surface area contributed by atoms with Crippen LogP contribution in [0.1, 0.15) is 22.9 Å². The van der Waals surface area contributed by atoms with Gasteiger partial charge in [0, 0.05) is 41.3 Å². The molecule has 10 heteroatoms. The van der Waals surface area contributed by atoms with Crippen LogP contribution in [0.2, 0.25) is 5.02 Å². The van der Waals surface area contributed by atoms with Crippen molar-refractivity contribution in [2.45, 2.75) is 12.5 Å². The van der Waals surface area contributed by atoms with Crippen LogP contribution in [-0.4, -0.2) is 66.2 Å². The Morgan fingerprint density at radius 2 is 1.70 bits per heavy atom. The minimum Gasteiger partial charge on any atom is -0.484 e. The molecule has 1 atom stereocenters. The molecule has 2 amide bonds. The number of nitrogens with one attached hydrogen (secondary N) is 1. The van der Waals surface area contributed by atoms with Gasteiger partial charge >= 0.3 is 6.09 Å². The van der Waals surface area contributed by atoms with Gasteiger partial charge in [0.25, 0.3) is 5.91 Å². The molecule has 0 spiro atoms. The maximum atomic E-state index is 13.4. The first-order valence-corrected chi connectivity index (χ1v) is 13.5. The molecule has 6 rings (SSSR count). The maximum Gasteiger partial charge on any atom is 0.416 e. The van der Waals surface area contributed by atoms with Gasteiger partial charge in [-0.2, -0.15) is 0 Å². The van der Waals surface area contributed by atoms with E-state index >= 15 is 0 Å². The molecule has 4 aromatic rings. The molecule has 1 unspecified atom stereocenters. The number of carbonyl (C=O) groups is 2. The number of H-pyrrole nitrogens is 1. The lowest BCUT2D eigenvalue weighted by molar-refractivity contribution is -0.137. The third-order valence-corrected chi connectivity index (χ3v) is 7.50. The fraction of sp³-hybridized carbons (Fsp3) is 0.267. The van der Waals surface area contributed by atoms with Gasteiger partial charge in [-0.1, -0.05) is 23.7 Å². The van der Waals surface area contributed by atoms with Crippen LogP contribution in [0, 0.1) is 5.82 Å². The van der Waals surface area contributed by atoms with E-state index in [4.69, 9.17) is 25.8 Å². The van der Waals surface area contributed by atoms with Gasteiger partial charge in [-0.25, -0.2) is 9.18 Å². The van der Waals surface area contributed by atoms with Crippen LogP contribution >= 0.6 is 11.6 Å². The largest absolute Gasteiger partial charge is 0.484 e. The molecule has 40 heavy (non-hydrogen) atoms. The molecule has 0 radical (unpaired) electrons. The van der Waals surface area contributed by atoms with Gasteiger partial charge in [-0.15, -0.1) is 0 Å². The number of fused-ring (bicyclic) bond motifs is 3. The molecular weight excluding hydrogens is 537 g/mol. The summed E-state index contributed by atoms with van der Waals surface area (Å²) in [6.07, 6.45) is 0.0607. The van der Waals surface area contributed by atoms with E-state index in [-0.39, 0.29) is 18.3 Å². The predicted octanol–water partition coefficient (Wildman–Crippen LogP) is 5.34. The molecule has 1 fully saturated rings. The summed E-state index contributed by atoms with van der Waals surface area (Å²) in [5.74, 6) is 0.306. The molecule has 1 N–H and O–H groups in total. The number of nitrogens with zero attached hydrogens (tertiary/aromatic N) is 2. The Labute approximate surface area is 235 Å². The van der Waals surface area contributed by atoms with Crippen LogP contribution in [0.3, 0.4) is 0 Å². The first-order valence-electron chi connectivity index (χ1n) is 13.1. The van der Waals surface area contributed by atoms with E-state index in [1.165, 1.54) is 24.3 Å². The van der Waals surface area contributed by atoms with Crippen molar-refractivity contribution in [1.29, 1.82) is 0 Å². The fourth-order valence-electron chi connectivity index (χ4n) is 5.26. The van der Waals surface area contributed by atoms with E-state index in [9.17, 15) is 14.0 Å². The standard InChI is InChI=1S/C30H27ClFN3O5/c31-20-3-10-26-25(17-20)24-11-12-35(30(37)40-23-8-4-21(32)5-9-23)29(28(24)33-26)19-1-6-22(7-2-19)39-18-27(36)34-13-15-38-16-14-34/h1-10,17,29,33H,11-16,18H2. The number of benzene rings is 3. The minimum absolute atomic E-state index is 0.0637. The van der Waals surface area contributed by atoms with E-state index in [2.05, 4.69) is 4.98 Å². The zero-order chi connectivity index (χ0) is 27.6. The van der Waals surface area contributed by atoms with Gasteiger partial charge in [0.1, 0.15) is 23.4 Å². The third-order valence-electron chi connectivity index (χ3n) is 7.26. The molecule has 8 nitrogen and oxygen atoms in total. The Morgan fingerprint density at radius 1 is 0.975 bits per heavy atom. The number of amides is 2. The number of carbonyl (C=O) groups excluding carboxylic acids is 2. The number of aromatic amines is 1. The Balaban J connectivity index is 1.27. The van der Waals surface area contributed by atoms with Crippen LogP contribution in [0.4, 0.5) is 9.18 Å². The van der Waals surface area contributed by atoms with E-state index in [1.807, 2.05) is 30.3 Å². The lowest BCUT2D eigenvalue weighted by Crippen LogP contribution is -2.43. The van der Waals surface area contributed by atoms with Gasteiger partial charge in [-0.3, -0.25) is 9.69 Å². The molecule has 1 aromatic heterocycles. The maximum absolute atomic E-state index is 13.4. The van der Waals surface area contributed by atoms with E-state index < -0.39 is 18.0 Å². The van der Waals surface area contributed by atoms with Crippen LogP contribution in [0.5, 0.6) is 11.5 Å².